The van der Waals surface area contributed by atoms with Crippen LogP contribution in [0, 0.1) is 10.1 Å². The number of nitro benzene ring substituents is 1. The van der Waals surface area contributed by atoms with Crippen LogP contribution in [-0.4, -0.2) is 78.3 Å². The molecule has 0 aliphatic carbocycles. The molecule has 0 radical (unpaired) electrons. The molecule has 4 aromatic rings. The standard InChI is InChI=1S/C29H32N6O7S/c1-42-18-17-34(28(36)20-33(16-15-30)43(40,41)26-14-8-7-13-24(26)35(38)39)25(21-9-3-2-4-10-21)19-27-31-23-12-6-5-11-22(23)29(37)32-27/h2-14,25H,15-20,30H2,1H3,(H,31,32,37)/t25-/m0/s1. The van der Waals surface area contributed by atoms with E-state index in [-0.39, 0.29) is 38.2 Å². The Bertz CT molecular complexity index is 1750. The summed E-state index contributed by atoms with van der Waals surface area (Å²) < 4.78 is 33.4. The molecular weight excluding hydrogens is 576 g/mol. The minimum Gasteiger partial charge on any atom is -0.383 e. The Morgan fingerprint density at radius 1 is 1.05 bits per heavy atom. The van der Waals surface area contributed by atoms with Crippen molar-refractivity contribution < 1.29 is 22.9 Å². The lowest BCUT2D eigenvalue weighted by Crippen LogP contribution is -2.47. The zero-order chi connectivity index (χ0) is 31.0. The number of H-pyrrole nitrogens is 1. The number of carbonyl (C=O) groups is 1. The number of hydrogen-bond acceptors (Lipinski definition) is 9. The second-order valence-corrected chi connectivity index (χ2v) is 11.5. The summed E-state index contributed by atoms with van der Waals surface area (Å²) in [6.45, 7) is -0.817. The number of aromatic amines is 1. The summed E-state index contributed by atoms with van der Waals surface area (Å²) >= 11 is 0. The van der Waals surface area contributed by atoms with Gasteiger partial charge in [-0.25, -0.2) is 13.4 Å². The minimum absolute atomic E-state index is 0.0781. The Morgan fingerprint density at radius 3 is 2.42 bits per heavy atom. The van der Waals surface area contributed by atoms with E-state index in [2.05, 4.69) is 9.97 Å². The molecule has 13 nitrogen and oxygen atoms in total. The lowest BCUT2D eigenvalue weighted by atomic mass is 10.0. The molecule has 4 rings (SSSR count). The number of sulfonamides is 1. The lowest BCUT2D eigenvalue weighted by molar-refractivity contribution is -0.387. The van der Waals surface area contributed by atoms with Crippen LogP contribution >= 0.6 is 0 Å². The van der Waals surface area contributed by atoms with E-state index in [4.69, 9.17) is 10.5 Å². The van der Waals surface area contributed by atoms with Gasteiger partial charge in [0.05, 0.1) is 35.0 Å². The van der Waals surface area contributed by atoms with Gasteiger partial charge in [0.2, 0.25) is 15.9 Å². The van der Waals surface area contributed by atoms with Crippen molar-refractivity contribution in [1.82, 2.24) is 19.2 Å². The van der Waals surface area contributed by atoms with Crippen molar-refractivity contribution in [2.75, 3.05) is 39.9 Å². The van der Waals surface area contributed by atoms with Crippen molar-refractivity contribution in [3.05, 3.63) is 111 Å². The first-order valence-electron chi connectivity index (χ1n) is 13.4. The lowest BCUT2D eigenvalue weighted by Gasteiger charge is -2.33. The number of aromatic nitrogens is 2. The van der Waals surface area contributed by atoms with Crippen LogP contribution in [0.5, 0.6) is 0 Å². The van der Waals surface area contributed by atoms with Gasteiger partial charge in [-0.1, -0.05) is 54.6 Å². The van der Waals surface area contributed by atoms with Crippen LogP contribution in [0.15, 0.2) is 88.6 Å². The Balaban J connectivity index is 1.74. The van der Waals surface area contributed by atoms with Gasteiger partial charge in [0.1, 0.15) is 5.82 Å². The number of rotatable bonds is 14. The molecule has 0 unspecified atom stereocenters. The number of benzene rings is 3. The Hall–Kier alpha value is -4.50. The number of ether oxygens (including phenoxy) is 1. The maximum absolute atomic E-state index is 14.0. The minimum atomic E-state index is -4.49. The van der Waals surface area contributed by atoms with E-state index in [1.54, 1.807) is 36.4 Å². The maximum atomic E-state index is 14.0. The molecular formula is C29H32N6O7S. The van der Waals surface area contributed by atoms with E-state index in [1.165, 1.54) is 24.1 Å². The highest BCUT2D eigenvalue weighted by Gasteiger charge is 2.35. The van der Waals surface area contributed by atoms with Crippen molar-refractivity contribution in [2.45, 2.75) is 17.4 Å². The van der Waals surface area contributed by atoms with Gasteiger partial charge in [-0.2, -0.15) is 4.31 Å². The smallest absolute Gasteiger partial charge is 0.289 e. The van der Waals surface area contributed by atoms with E-state index in [9.17, 15) is 28.1 Å². The summed E-state index contributed by atoms with van der Waals surface area (Å²) in [5.41, 5.74) is 5.99. The van der Waals surface area contributed by atoms with E-state index < -0.39 is 44.0 Å². The normalized spacial score (nSPS) is 12.3. The molecule has 43 heavy (non-hydrogen) atoms. The first-order chi connectivity index (χ1) is 20.7. The summed E-state index contributed by atoms with van der Waals surface area (Å²) in [4.78, 5) is 46.0. The first-order valence-corrected chi connectivity index (χ1v) is 14.9. The molecule has 1 atom stereocenters. The SMILES string of the molecule is COCCN(C(=O)CN(CCN)S(=O)(=O)c1ccccc1[N+](=O)[O-])[C@@H](Cc1nc2ccccc2c(=O)[nH]1)c1ccccc1. The number of nitrogens with one attached hydrogen (secondary N) is 1. The van der Waals surface area contributed by atoms with Gasteiger partial charge in [0, 0.05) is 39.2 Å². The van der Waals surface area contributed by atoms with Crippen molar-refractivity contribution in [3.8, 4) is 0 Å². The largest absolute Gasteiger partial charge is 0.383 e. The summed E-state index contributed by atoms with van der Waals surface area (Å²) in [6.07, 6.45) is 0.105. The fourth-order valence-corrected chi connectivity index (χ4v) is 6.34. The number of para-hydroxylation sites is 2. The summed E-state index contributed by atoms with van der Waals surface area (Å²) in [6, 6.07) is 20.2. The van der Waals surface area contributed by atoms with Crippen molar-refractivity contribution in [1.29, 1.82) is 0 Å². The fourth-order valence-electron chi connectivity index (χ4n) is 4.78. The number of hydrogen-bond donors (Lipinski definition) is 2. The van der Waals surface area contributed by atoms with Crippen molar-refractivity contribution in [2.24, 2.45) is 5.73 Å². The third-order valence-electron chi connectivity index (χ3n) is 6.84. The maximum Gasteiger partial charge on any atom is 0.289 e. The molecule has 0 aliphatic heterocycles. The predicted octanol–water partition coefficient (Wildman–Crippen LogP) is 2.24. The van der Waals surface area contributed by atoms with Gasteiger partial charge in [-0.3, -0.25) is 19.7 Å². The van der Waals surface area contributed by atoms with Crippen molar-refractivity contribution >= 4 is 32.5 Å². The number of amides is 1. The fraction of sp³-hybridized carbons (Fsp3) is 0.276. The van der Waals surface area contributed by atoms with Crippen LogP contribution in [-0.2, 0) is 26.0 Å². The third-order valence-corrected chi connectivity index (χ3v) is 8.73. The number of fused-ring (bicyclic) bond motifs is 1. The van der Waals surface area contributed by atoms with Crippen LogP contribution in [0.4, 0.5) is 5.69 Å². The van der Waals surface area contributed by atoms with Gasteiger partial charge < -0.3 is 20.4 Å². The molecule has 0 saturated carbocycles. The molecule has 14 heteroatoms. The van der Waals surface area contributed by atoms with Gasteiger partial charge in [-0.15, -0.1) is 0 Å². The van der Waals surface area contributed by atoms with Gasteiger partial charge >= 0.3 is 0 Å². The molecule has 1 heterocycles. The number of nitrogens with two attached hydrogens (primary N) is 1. The van der Waals surface area contributed by atoms with E-state index in [0.29, 0.717) is 16.7 Å². The van der Waals surface area contributed by atoms with Crippen LogP contribution in [0.25, 0.3) is 10.9 Å². The summed E-state index contributed by atoms with van der Waals surface area (Å²) in [5, 5.41) is 12.0. The molecule has 3 aromatic carbocycles. The van der Waals surface area contributed by atoms with Crippen LogP contribution in [0.1, 0.15) is 17.4 Å². The van der Waals surface area contributed by atoms with E-state index >= 15 is 0 Å². The second-order valence-electron chi connectivity index (χ2n) is 9.59. The molecule has 1 aromatic heterocycles. The number of nitro groups is 1. The average Bonchev–Trinajstić information content (AvgIpc) is 3.01. The second kappa shape index (κ2) is 14.1. The highest BCUT2D eigenvalue weighted by Crippen LogP contribution is 2.28. The van der Waals surface area contributed by atoms with Crippen molar-refractivity contribution in [3.63, 3.8) is 0 Å². The average molecular weight is 609 g/mol. The Labute approximate surface area is 248 Å². The zero-order valence-corrected chi connectivity index (χ0v) is 24.3. The Kier molecular flexibility index (Phi) is 10.3. The van der Waals surface area contributed by atoms with Crippen LogP contribution in [0.2, 0.25) is 0 Å². The molecule has 0 spiro atoms. The molecule has 0 aliphatic rings. The van der Waals surface area contributed by atoms with E-state index in [0.717, 1.165) is 22.0 Å². The quantitative estimate of drug-likeness (QED) is 0.160. The monoisotopic (exact) mass is 608 g/mol. The highest BCUT2D eigenvalue weighted by molar-refractivity contribution is 7.89. The predicted molar refractivity (Wildman–Crippen MR) is 160 cm³/mol. The van der Waals surface area contributed by atoms with Gasteiger partial charge in [0.15, 0.2) is 4.90 Å². The topological polar surface area (TPSA) is 182 Å². The summed E-state index contributed by atoms with van der Waals surface area (Å²) in [7, 11) is -3.02. The van der Waals surface area contributed by atoms with Gasteiger partial charge in [-0.05, 0) is 23.8 Å². The molecule has 3 N–H and O–H groups in total. The highest BCUT2D eigenvalue weighted by atomic mass is 32.2. The number of carbonyl (C=O) groups excluding carboxylic acids is 1. The molecule has 1 amide bonds. The molecule has 226 valence electrons. The molecule has 0 fully saturated rings. The third kappa shape index (κ3) is 7.29. The zero-order valence-electron chi connectivity index (χ0n) is 23.5. The van der Waals surface area contributed by atoms with Crippen LogP contribution in [0.3, 0.4) is 0 Å². The number of methoxy groups -OCH3 is 1. The molecule has 0 saturated heterocycles. The number of nitrogens with zero attached hydrogens (tertiary/aromatic N) is 4. The van der Waals surface area contributed by atoms with E-state index in [1.807, 2.05) is 18.2 Å². The van der Waals surface area contributed by atoms with Gasteiger partial charge in [0.25, 0.3) is 11.2 Å². The summed E-state index contributed by atoms with van der Waals surface area (Å²) in [5.74, 6) is -0.260. The molecule has 0 bridgehead atoms. The Morgan fingerprint density at radius 2 is 1.72 bits per heavy atom. The first kappa shape index (κ1) is 31.4. The van der Waals surface area contributed by atoms with Crippen LogP contribution < -0.4 is 11.3 Å².